The number of aliphatic hydroxyl groups is 1. The quantitative estimate of drug-likeness (QED) is 0.685. The molecule has 5 nitrogen and oxygen atoms in total. The van der Waals surface area contributed by atoms with Crippen LogP contribution >= 0.6 is 22.7 Å². The van der Waals surface area contributed by atoms with Crippen molar-refractivity contribution >= 4 is 35.1 Å². The standard InChI is InChI=1S/C15H14O5S2/c1-19-15(18)11-5-9-3-2-8-4-10(6-20-7-16)21-13(8)12(17)14(9)22-11/h4-5,7,12,17H,2-3,6H2,1H3. The summed E-state index contributed by atoms with van der Waals surface area (Å²) in [6.07, 6.45) is 0.803. The Hall–Kier alpha value is -1.70. The smallest absolute Gasteiger partial charge is 0.348 e. The summed E-state index contributed by atoms with van der Waals surface area (Å²) in [7, 11) is 1.35. The summed E-state index contributed by atoms with van der Waals surface area (Å²) in [5.41, 5.74) is 2.07. The molecular formula is C15H14O5S2. The maximum Gasteiger partial charge on any atom is 0.348 e. The summed E-state index contributed by atoms with van der Waals surface area (Å²) in [6, 6.07) is 3.78. The van der Waals surface area contributed by atoms with E-state index in [1.54, 1.807) is 0 Å². The van der Waals surface area contributed by atoms with Gasteiger partial charge >= 0.3 is 5.97 Å². The van der Waals surface area contributed by atoms with Gasteiger partial charge in [-0.2, -0.15) is 0 Å². The summed E-state index contributed by atoms with van der Waals surface area (Å²) in [5, 5.41) is 10.7. The van der Waals surface area contributed by atoms with Gasteiger partial charge in [0.05, 0.1) is 7.11 Å². The molecule has 1 atom stereocenters. The molecule has 1 aliphatic rings. The lowest BCUT2D eigenvalue weighted by molar-refractivity contribution is -0.129. The van der Waals surface area contributed by atoms with E-state index < -0.39 is 6.10 Å². The average molecular weight is 338 g/mol. The van der Waals surface area contributed by atoms with E-state index in [-0.39, 0.29) is 12.6 Å². The SMILES string of the molecule is COC(=O)c1cc2c(s1)C(O)c1sc(COC=O)cc1CC2. The van der Waals surface area contributed by atoms with Crippen molar-refractivity contribution in [2.45, 2.75) is 25.6 Å². The van der Waals surface area contributed by atoms with E-state index in [4.69, 9.17) is 9.47 Å². The number of ether oxygens (including phenoxy) is 2. The Balaban J connectivity index is 1.94. The van der Waals surface area contributed by atoms with Gasteiger partial charge < -0.3 is 14.6 Å². The van der Waals surface area contributed by atoms with Crippen LogP contribution in [0.4, 0.5) is 0 Å². The summed E-state index contributed by atoms with van der Waals surface area (Å²) in [6.45, 7) is 0.639. The highest BCUT2D eigenvalue weighted by Gasteiger charge is 2.28. The van der Waals surface area contributed by atoms with Crippen molar-refractivity contribution in [1.29, 1.82) is 0 Å². The highest BCUT2D eigenvalue weighted by atomic mass is 32.1. The van der Waals surface area contributed by atoms with E-state index in [2.05, 4.69) is 0 Å². The number of rotatable bonds is 4. The summed E-state index contributed by atoms with van der Waals surface area (Å²) in [4.78, 5) is 25.0. The van der Waals surface area contributed by atoms with Crippen LogP contribution in [0.2, 0.25) is 0 Å². The molecule has 3 rings (SSSR count). The van der Waals surface area contributed by atoms with E-state index in [9.17, 15) is 14.7 Å². The van der Waals surface area contributed by atoms with Gasteiger partial charge in [0.1, 0.15) is 17.6 Å². The van der Waals surface area contributed by atoms with Crippen LogP contribution in [0.15, 0.2) is 12.1 Å². The maximum absolute atomic E-state index is 11.7. The van der Waals surface area contributed by atoms with Crippen molar-refractivity contribution in [3.05, 3.63) is 42.8 Å². The van der Waals surface area contributed by atoms with Gasteiger partial charge in [0, 0.05) is 14.6 Å². The lowest BCUT2D eigenvalue weighted by Gasteiger charge is -2.07. The molecule has 0 aliphatic heterocycles. The van der Waals surface area contributed by atoms with Gasteiger partial charge in [-0.3, -0.25) is 4.79 Å². The lowest BCUT2D eigenvalue weighted by Crippen LogP contribution is -1.98. The number of aryl methyl sites for hydroxylation is 2. The van der Waals surface area contributed by atoms with Crippen LogP contribution in [0.3, 0.4) is 0 Å². The fourth-order valence-electron chi connectivity index (χ4n) is 2.58. The third-order valence-corrected chi connectivity index (χ3v) is 5.99. The van der Waals surface area contributed by atoms with Crippen molar-refractivity contribution < 1.29 is 24.2 Å². The van der Waals surface area contributed by atoms with Crippen LogP contribution in [0.1, 0.15) is 41.5 Å². The Morgan fingerprint density at radius 3 is 2.68 bits per heavy atom. The fraction of sp³-hybridized carbons (Fsp3) is 0.333. The maximum atomic E-state index is 11.7. The largest absolute Gasteiger partial charge is 0.465 e. The molecule has 22 heavy (non-hydrogen) atoms. The van der Waals surface area contributed by atoms with Gasteiger partial charge in [-0.15, -0.1) is 22.7 Å². The minimum atomic E-state index is -0.745. The molecule has 2 aromatic rings. The molecule has 0 saturated heterocycles. The monoisotopic (exact) mass is 338 g/mol. The van der Waals surface area contributed by atoms with Crippen LogP contribution in [0.5, 0.6) is 0 Å². The number of hydrogen-bond acceptors (Lipinski definition) is 7. The van der Waals surface area contributed by atoms with E-state index in [1.807, 2.05) is 12.1 Å². The molecule has 0 fully saturated rings. The van der Waals surface area contributed by atoms with E-state index >= 15 is 0 Å². The molecule has 0 aromatic carbocycles. The van der Waals surface area contributed by atoms with Crippen LogP contribution in [0, 0.1) is 0 Å². The Bertz CT molecular complexity index is 716. The Morgan fingerprint density at radius 1 is 1.32 bits per heavy atom. The lowest BCUT2D eigenvalue weighted by atomic mass is 10.1. The predicted octanol–water partition coefficient (Wildman–Crippen LogP) is 2.45. The zero-order valence-electron chi connectivity index (χ0n) is 11.8. The first kappa shape index (κ1) is 15.2. The van der Waals surface area contributed by atoms with Crippen LogP contribution in [-0.4, -0.2) is 24.7 Å². The summed E-state index contributed by atoms with van der Waals surface area (Å²) >= 11 is 2.72. The molecule has 116 valence electrons. The van der Waals surface area contributed by atoms with Gasteiger partial charge in [-0.25, -0.2) is 4.79 Å². The second-order valence-corrected chi connectivity index (χ2v) is 7.16. The first-order chi connectivity index (χ1) is 10.6. The first-order valence-electron chi connectivity index (χ1n) is 6.69. The molecule has 0 bridgehead atoms. The second kappa shape index (κ2) is 6.20. The number of methoxy groups -OCH3 is 1. The molecular weight excluding hydrogens is 324 g/mol. The highest BCUT2D eigenvalue weighted by molar-refractivity contribution is 7.15. The minimum absolute atomic E-state index is 0.221. The zero-order valence-corrected chi connectivity index (χ0v) is 13.5. The fourth-order valence-corrected chi connectivity index (χ4v) is 4.91. The Labute approximate surface area is 135 Å². The van der Waals surface area contributed by atoms with Gasteiger partial charge in [0.15, 0.2) is 0 Å². The van der Waals surface area contributed by atoms with Gasteiger partial charge in [0.25, 0.3) is 6.47 Å². The van der Waals surface area contributed by atoms with E-state index in [1.165, 1.54) is 29.8 Å². The van der Waals surface area contributed by atoms with E-state index in [0.717, 1.165) is 38.6 Å². The van der Waals surface area contributed by atoms with Gasteiger partial charge in [-0.1, -0.05) is 0 Å². The Kier molecular flexibility index (Phi) is 4.28. The molecule has 0 radical (unpaired) electrons. The van der Waals surface area contributed by atoms with Crippen molar-refractivity contribution in [2.24, 2.45) is 0 Å². The Morgan fingerprint density at radius 2 is 2.00 bits per heavy atom. The molecule has 7 heteroatoms. The molecule has 1 aliphatic carbocycles. The van der Waals surface area contributed by atoms with Crippen LogP contribution in [-0.2, 0) is 33.7 Å². The molecule has 0 saturated carbocycles. The van der Waals surface area contributed by atoms with Crippen LogP contribution in [0.25, 0.3) is 0 Å². The predicted molar refractivity (Wildman–Crippen MR) is 82.3 cm³/mol. The molecule has 0 spiro atoms. The molecule has 2 aromatic heterocycles. The molecule has 2 heterocycles. The average Bonchev–Trinajstić information content (AvgIpc) is 3.11. The first-order valence-corrected chi connectivity index (χ1v) is 8.33. The van der Waals surface area contributed by atoms with Crippen molar-refractivity contribution in [2.75, 3.05) is 7.11 Å². The number of carbonyl (C=O) groups excluding carboxylic acids is 2. The number of fused-ring (bicyclic) bond motifs is 2. The normalized spacial score (nSPS) is 16.4. The van der Waals surface area contributed by atoms with Gasteiger partial charge in [-0.05, 0) is 36.1 Å². The minimum Gasteiger partial charge on any atom is -0.465 e. The van der Waals surface area contributed by atoms with Crippen molar-refractivity contribution in [3.63, 3.8) is 0 Å². The van der Waals surface area contributed by atoms with Crippen LogP contribution < -0.4 is 0 Å². The summed E-state index contributed by atoms with van der Waals surface area (Å²) in [5.74, 6) is -0.378. The molecule has 0 amide bonds. The van der Waals surface area contributed by atoms with Crippen molar-refractivity contribution in [1.82, 2.24) is 0 Å². The third kappa shape index (κ3) is 2.67. The number of hydrogen-bond donors (Lipinski definition) is 1. The highest BCUT2D eigenvalue weighted by Crippen LogP contribution is 2.41. The second-order valence-electron chi connectivity index (χ2n) is 4.90. The molecule has 1 N–H and O–H groups in total. The summed E-state index contributed by atoms with van der Waals surface area (Å²) < 4.78 is 9.51. The third-order valence-electron chi connectivity index (χ3n) is 3.58. The van der Waals surface area contributed by atoms with Gasteiger partial charge in [0.2, 0.25) is 0 Å². The van der Waals surface area contributed by atoms with Crippen molar-refractivity contribution in [3.8, 4) is 0 Å². The number of aliphatic hydroxyl groups excluding tert-OH is 1. The number of esters is 1. The zero-order chi connectivity index (χ0) is 15.7. The topological polar surface area (TPSA) is 72.8 Å². The number of carbonyl (C=O) groups is 2. The van der Waals surface area contributed by atoms with E-state index in [0.29, 0.717) is 11.3 Å². The number of thiophene rings is 2. The molecule has 1 unspecified atom stereocenters.